The molecule has 2 aromatic heterocycles. The van der Waals surface area contributed by atoms with Gasteiger partial charge in [0.15, 0.2) is 0 Å². The highest BCUT2D eigenvalue weighted by Crippen LogP contribution is 2.27. The Labute approximate surface area is 128 Å². The lowest BCUT2D eigenvalue weighted by Crippen LogP contribution is -2.29. The third-order valence-corrected chi connectivity index (χ3v) is 4.09. The van der Waals surface area contributed by atoms with Crippen LogP contribution in [0.2, 0.25) is 0 Å². The summed E-state index contributed by atoms with van der Waals surface area (Å²) in [6.45, 7) is 4.17. The van der Waals surface area contributed by atoms with E-state index in [4.69, 9.17) is 11.0 Å². The van der Waals surface area contributed by atoms with Crippen LogP contribution < -0.4 is 5.73 Å². The summed E-state index contributed by atoms with van der Waals surface area (Å²) >= 11 is 0. The lowest BCUT2D eigenvalue weighted by Gasteiger charge is -2.20. The SMILES string of the molecule is CC(C)c1nc2c([nH]1)CC(C(=O)n1ncc(C#N)c1N)CC2. The Bertz CT molecular complexity index is 764. The van der Waals surface area contributed by atoms with Crippen LogP contribution >= 0.6 is 0 Å². The molecule has 7 heteroatoms. The average Bonchev–Trinajstić information content (AvgIpc) is 3.09. The highest BCUT2D eigenvalue weighted by molar-refractivity contribution is 5.84. The van der Waals surface area contributed by atoms with Crippen LogP contribution in [0.3, 0.4) is 0 Å². The van der Waals surface area contributed by atoms with Crippen molar-refractivity contribution in [3.8, 4) is 6.07 Å². The summed E-state index contributed by atoms with van der Waals surface area (Å²) in [5.41, 5.74) is 8.11. The van der Waals surface area contributed by atoms with E-state index in [1.54, 1.807) is 0 Å². The highest BCUT2D eigenvalue weighted by Gasteiger charge is 2.30. The molecule has 0 spiro atoms. The highest BCUT2D eigenvalue weighted by atomic mass is 16.2. The summed E-state index contributed by atoms with van der Waals surface area (Å²) in [5.74, 6) is 1.06. The lowest BCUT2D eigenvalue weighted by molar-refractivity contribution is 0.0807. The minimum atomic E-state index is -0.193. The van der Waals surface area contributed by atoms with Crippen molar-refractivity contribution in [3.05, 3.63) is 29.0 Å². The molecule has 0 aliphatic heterocycles. The molecule has 0 radical (unpaired) electrons. The smallest absolute Gasteiger partial charge is 0.252 e. The Morgan fingerprint density at radius 2 is 2.36 bits per heavy atom. The largest absolute Gasteiger partial charge is 0.382 e. The monoisotopic (exact) mass is 298 g/mol. The fourth-order valence-corrected chi connectivity index (χ4v) is 2.78. The maximum atomic E-state index is 12.6. The molecule has 114 valence electrons. The summed E-state index contributed by atoms with van der Waals surface area (Å²) in [7, 11) is 0. The van der Waals surface area contributed by atoms with Crippen molar-refractivity contribution < 1.29 is 4.79 Å². The molecule has 22 heavy (non-hydrogen) atoms. The molecule has 2 aromatic rings. The Balaban J connectivity index is 1.83. The molecule has 0 fully saturated rings. The summed E-state index contributed by atoms with van der Waals surface area (Å²) < 4.78 is 1.15. The molecule has 1 atom stereocenters. The predicted octanol–water partition coefficient (Wildman–Crippen LogP) is 1.63. The molecule has 7 nitrogen and oxygen atoms in total. The van der Waals surface area contributed by atoms with E-state index in [9.17, 15) is 4.79 Å². The molecule has 0 saturated heterocycles. The van der Waals surface area contributed by atoms with Crippen LogP contribution in [0.15, 0.2) is 6.20 Å². The summed E-state index contributed by atoms with van der Waals surface area (Å²) in [4.78, 5) is 20.5. The van der Waals surface area contributed by atoms with Gasteiger partial charge in [-0.3, -0.25) is 4.79 Å². The van der Waals surface area contributed by atoms with Crippen LogP contribution in [0.4, 0.5) is 5.82 Å². The van der Waals surface area contributed by atoms with Crippen molar-refractivity contribution in [3.63, 3.8) is 0 Å². The first-order chi connectivity index (χ1) is 10.5. The number of rotatable bonds is 2. The third-order valence-electron chi connectivity index (χ3n) is 4.09. The number of H-pyrrole nitrogens is 1. The average molecular weight is 298 g/mol. The number of fused-ring (bicyclic) bond motifs is 1. The van der Waals surface area contributed by atoms with Crippen LogP contribution in [0.5, 0.6) is 0 Å². The number of carbonyl (C=O) groups excluding carboxylic acids is 1. The Hall–Kier alpha value is -2.62. The molecular weight excluding hydrogens is 280 g/mol. The second kappa shape index (κ2) is 5.30. The van der Waals surface area contributed by atoms with E-state index < -0.39 is 0 Å². The number of carbonyl (C=O) groups is 1. The van der Waals surface area contributed by atoms with Gasteiger partial charge >= 0.3 is 0 Å². The first-order valence-corrected chi connectivity index (χ1v) is 7.36. The number of aryl methyl sites for hydroxylation is 1. The van der Waals surface area contributed by atoms with Gasteiger partial charge in [-0.15, -0.1) is 0 Å². The van der Waals surface area contributed by atoms with E-state index in [1.165, 1.54) is 6.20 Å². The van der Waals surface area contributed by atoms with E-state index >= 15 is 0 Å². The van der Waals surface area contributed by atoms with Crippen LogP contribution in [0.25, 0.3) is 0 Å². The maximum Gasteiger partial charge on any atom is 0.252 e. The number of aromatic nitrogens is 4. The van der Waals surface area contributed by atoms with Gasteiger partial charge in [-0.25, -0.2) is 4.98 Å². The van der Waals surface area contributed by atoms with Gasteiger partial charge in [0.1, 0.15) is 23.3 Å². The van der Waals surface area contributed by atoms with E-state index in [1.807, 2.05) is 6.07 Å². The number of nitrogens with zero attached hydrogens (tertiary/aromatic N) is 4. The van der Waals surface area contributed by atoms with Gasteiger partial charge in [-0.1, -0.05) is 13.8 Å². The lowest BCUT2D eigenvalue weighted by atomic mass is 9.89. The molecule has 0 aromatic carbocycles. The number of nitriles is 1. The number of imidazole rings is 1. The third kappa shape index (κ3) is 2.26. The number of anilines is 1. The van der Waals surface area contributed by atoms with Gasteiger partial charge in [0.25, 0.3) is 5.91 Å². The van der Waals surface area contributed by atoms with Crippen molar-refractivity contribution in [2.24, 2.45) is 5.92 Å². The zero-order chi connectivity index (χ0) is 15.9. The fraction of sp³-hybridized carbons (Fsp3) is 0.467. The van der Waals surface area contributed by atoms with E-state index in [0.717, 1.165) is 34.7 Å². The standard InChI is InChI=1S/C15H18N6O/c1-8(2)14-19-11-4-3-9(5-12(11)20-14)15(22)21-13(17)10(6-16)7-18-21/h7-9H,3-5,17H2,1-2H3,(H,19,20). The van der Waals surface area contributed by atoms with Gasteiger partial charge in [0.2, 0.25) is 0 Å². The Morgan fingerprint density at radius 1 is 1.59 bits per heavy atom. The number of nitrogen functional groups attached to an aromatic ring is 1. The quantitative estimate of drug-likeness (QED) is 0.874. The summed E-state index contributed by atoms with van der Waals surface area (Å²) in [6, 6.07) is 1.93. The van der Waals surface area contributed by atoms with Crippen molar-refractivity contribution in [2.45, 2.75) is 39.0 Å². The summed E-state index contributed by atoms with van der Waals surface area (Å²) in [6.07, 6.45) is 3.42. The topological polar surface area (TPSA) is 113 Å². The van der Waals surface area contributed by atoms with Crippen LogP contribution in [-0.4, -0.2) is 25.7 Å². The zero-order valence-electron chi connectivity index (χ0n) is 12.6. The predicted molar refractivity (Wildman–Crippen MR) is 80.2 cm³/mol. The molecule has 1 aliphatic rings. The molecule has 3 rings (SSSR count). The molecule has 2 heterocycles. The van der Waals surface area contributed by atoms with Crippen LogP contribution in [0.1, 0.15) is 53.8 Å². The fourth-order valence-electron chi connectivity index (χ4n) is 2.78. The number of nitrogens with one attached hydrogen (secondary N) is 1. The van der Waals surface area contributed by atoms with Crippen molar-refractivity contribution in [1.82, 2.24) is 19.7 Å². The van der Waals surface area contributed by atoms with Gasteiger partial charge in [0, 0.05) is 24.0 Å². The van der Waals surface area contributed by atoms with Gasteiger partial charge in [-0.2, -0.15) is 15.0 Å². The van der Waals surface area contributed by atoms with Crippen LogP contribution in [0, 0.1) is 17.2 Å². The van der Waals surface area contributed by atoms with E-state index in [-0.39, 0.29) is 23.2 Å². The zero-order valence-corrected chi connectivity index (χ0v) is 12.6. The second-order valence-electron chi connectivity index (χ2n) is 5.95. The number of hydrogen-bond acceptors (Lipinski definition) is 5. The minimum Gasteiger partial charge on any atom is -0.382 e. The molecule has 1 unspecified atom stereocenters. The first-order valence-electron chi connectivity index (χ1n) is 7.36. The van der Waals surface area contributed by atoms with Crippen molar-refractivity contribution in [1.29, 1.82) is 5.26 Å². The van der Waals surface area contributed by atoms with Gasteiger partial charge in [0.05, 0.1) is 11.9 Å². The number of nitrogens with two attached hydrogens (primary N) is 1. The number of aromatic amines is 1. The summed E-state index contributed by atoms with van der Waals surface area (Å²) in [5, 5.41) is 12.8. The van der Waals surface area contributed by atoms with Gasteiger partial charge < -0.3 is 10.7 Å². The first kappa shape index (κ1) is 14.3. The van der Waals surface area contributed by atoms with E-state index in [0.29, 0.717) is 12.3 Å². The molecule has 3 N–H and O–H groups in total. The molecule has 0 saturated carbocycles. The minimum absolute atomic E-state index is 0.116. The molecular formula is C15H18N6O. The molecule has 0 bridgehead atoms. The second-order valence-corrected chi connectivity index (χ2v) is 5.95. The normalized spacial score (nSPS) is 17.3. The molecule has 0 amide bonds. The van der Waals surface area contributed by atoms with Crippen molar-refractivity contribution in [2.75, 3.05) is 5.73 Å². The van der Waals surface area contributed by atoms with Crippen LogP contribution in [-0.2, 0) is 12.8 Å². The number of hydrogen-bond donors (Lipinski definition) is 2. The Kier molecular flexibility index (Phi) is 3.45. The Morgan fingerprint density at radius 3 is 3.00 bits per heavy atom. The maximum absolute atomic E-state index is 12.6. The van der Waals surface area contributed by atoms with Gasteiger partial charge in [-0.05, 0) is 12.8 Å². The van der Waals surface area contributed by atoms with Crippen molar-refractivity contribution >= 4 is 11.7 Å². The van der Waals surface area contributed by atoms with E-state index in [2.05, 4.69) is 28.9 Å². The molecule has 1 aliphatic carbocycles.